The van der Waals surface area contributed by atoms with Crippen LogP contribution < -0.4 is 5.32 Å². The Morgan fingerprint density at radius 3 is 3.06 bits per heavy atom. The highest BCUT2D eigenvalue weighted by Gasteiger charge is 2.15. The van der Waals surface area contributed by atoms with E-state index in [-0.39, 0.29) is 18.1 Å². The van der Waals surface area contributed by atoms with Gasteiger partial charge in [-0.3, -0.25) is 4.79 Å². The molecule has 17 heavy (non-hydrogen) atoms. The second-order valence-corrected chi connectivity index (χ2v) is 4.29. The van der Waals surface area contributed by atoms with E-state index >= 15 is 0 Å². The fourth-order valence-electron chi connectivity index (χ4n) is 2.03. The van der Waals surface area contributed by atoms with E-state index in [1.807, 2.05) is 4.90 Å². The van der Waals surface area contributed by atoms with E-state index < -0.39 is 0 Å². The summed E-state index contributed by atoms with van der Waals surface area (Å²) < 4.78 is 13.0. The van der Waals surface area contributed by atoms with Crippen molar-refractivity contribution in [3.8, 4) is 0 Å². The van der Waals surface area contributed by atoms with Crippen LogP contribution in [0.1, 0.15) is 12.0 Å². The van der Waals surface area contributed by atoms with Crippen LogP contribution in [0.3, 0.4) is 0 Å². The average molecular weight is 236 g/mol. The summed E-state index contributed by atoms with van der Waals surface area (Å²) >= 11 is 0. The molecule has 0 atom stereocenters. The Morgan fingerprint density at radius 2 is 2.24 bits per heavy atom. The van der Waals surface area contributed by atoms with E-state index in [9.17, 15) is 9.18 Å². The predicted octanol–water partition coefficient (Wildman–Crippen LogP) is 1.19. The van der Waals surface area contributed by atoms with Crippen LogP contribution in [0.5, 0.6) is 0 Å². The van der Waals surface area contributed by atoms with E-state index in [1.165, 1.54) is 12.1 Å². The summed E-state index contributed by atoms with van der Waals surface area (Å²) in [5.74, 6) is -0.202. The number of carbonyl (C=O) groups excluding carboxylic acids is 1. The molecule has 0 aliphatic carbocycles. The molecule has 0 bridgehead atoms. The van der Waals surface area contributed by atoms with Gasteiger partial charge in [-0.05, 0) is 30.7 Å². The van der Waals surface area contributed by atoms with Crippen molar-refractivity contribution in [1.82, 2.24) is 10.2 Å². The van der Waals surface area contributed by atoms with E-state index in [2.05, 4.69) is 5.32 Å². The molecule has 1 aliphatic heterocycles. The minimum Gasteiger partial charge on any atom is -0.341 e. The maximum Gasteiger partial charge on any atom is 0.227 e. The Balaban J connectivity index is 1.95. The first-order valence-corrected chi connectivity index (χ1v) is 5.98. The molecule has 1 aromatic carbocycles. The van der Waals surface area contributed by atoms with Gasteiger partial charge in [0.25, 0.3) is 0 Å². The highest BCUT2D eigenvalue weighted by molar-refractivity contribution is 5.78. The third kappa shape index (κ3) is 3.53. The van der Waals surface area contributed by atoms with Gasteiger partial charge in [0.1, 0.15) is 5.82 Å². The number of benzene rings is 1. The van der Waals surface area contributed by atoms with Crippen LogP contribution in [0.25, 0.3) is 0 Å². The number of halogens is 1. The Morgan fingerprint density at radius 1 is 1.35 bits per heavy atom. The molecule has 92 valence electrons. The number of amides is 1. The van der Waals surface area contributed by atoms with Crippen LogP contribution in [-0.2, 0) is 11.2 Å². The lowest BCUT2D eigenvalue weighted by molar-refractivity contribution is -0.130. The van der Waals surface area contributed by atoms with Gasteiger partial charge in [-0.15, -0.1) is 0 Å². The molecule has 0 unspecified atom stereocenters. The summed E-state index contributed by atoms with van der Waals surface area (Å²) in [6.45, 7) is 3.34. The largest absolute Gasteiger partial charge is 0.341 e. The standard InChI is InChI=1S/C13H17FN2O/c14-12-4-1-3-11(9-12)10-13(17)16-7-2-5-15-6-8-16/h1,3-4,9,15H,2,5-8,10H2. The van der Waals surface area contributed by atoms with Crippen molar-refractivity contribution in [2.75, 3.05) is 26.2 Å². The van der Waals surface area contributed by atoms with Crippen molar-refractivity contribution in [2.45, 2.75) is 12.8 Å². The molecule has 1 aliphatic rings. The molecule has 2 rings (SSSR count). The summed E-state index contributed by atoms with van der Waals surface area (Å²) in [6, 6.07) is 6.25. The molecule has 4 heteroatoms. The Hall–Kier alpha value is -1.42. The number of nitrogens with one attached hydrogen (secondary N) is 1. The van der Waals surface area contributed by atoms with Crippen molar-refractivity contribution in [3.05, 3.63) is 35.6 Å². The summed E-state index contributed by atoms with van der Waals surface area (Å²) in [7, 11) is 0. The van der Waals surface area contributed by atoms with E-state index in [0.717, 1.165) is 38.2 Å². The monoisotopic (exact) mass is 236 g/mol. The first-order chi connectivity index (χ1) is 8.25. The van der Waals surface area contributed by atoms with Gasteiger partial charge >= 0.3 is 0 Å². The molecule has 1 fully saturated rings. The highest BCUT2D eigenvalue weighted by atomic mass is 19.1. The fraction of sp³-hybridized carbons (Fsp3) is 0.462. The number of hydrogen-bond acceptors (Lipinski definition) is 2. The SMILES string of the molecule is O=C(Cc1cccc(F)c1)N1CCCNCC1. The normalized spacial score (nSPS) is 16.6. The maximum atomic E-state index is 13.0. The maximum absolute atomic E-state index is 13.0. The Kier molecular flexibility index (Phi) is 4.09. The lowest BCUT2D eigenvalue weighted by atomic mass is 10.1. The van der Waals surface area contributed by atoms with Crippen molar-refractivity contribution in [3.63, 3.8) is 0 Å². The third-order valence-corrected chi connectivity index (χ3v) is 2.94. The third-order valence-electron chi connectivity index (χ3n) is 2.94. The zero-order chi connectivity index (χ0) is 12.1. The molecule has 0 aromatic heterocycles. The zero-order valence-corrected chi connectivity index (χ0v) is 9.79. The summed E-state index contributed by atoms with van der Waals surface area (Å²) in [6.07, 6.45) is 1.27. The van der Waals surface area contributed by atoms with Crippen LogP contribution in [0.15, 0.2) is 24.3 Å². The van der Waals surface area contributed by atoms with Gasteiger partial charge in [-0.2, -0.15) is 0 Å². The molecule has 1 heterocycles. The van der Waals surface area contributed by atoms with Gasteiger partial charge in [0, 0.05) is 19.6 Å². The molecule has 0 radical (unpaired) electrons. The molecule has 1 amide bonds. The highest BCUT2D eigenvalue weighted by Crippen LogP contribution is 2.07. The second-order valence-electron chi connectivity index (χ2n) is 4.29. The molecular weight excluding hydrogens is 219 g/mol. The molecule has 1 N–H and O–H groups in total. The van der Waals surface area contributed by atoms with Crippen molar-refractivity contribution in [1.29, 1.82) is 0 Å². The predicted molar refractivity (Wildman–Crippen MR) is 64.2 cm³/mol. The second kappa shape index (κ2) is 5.77. The van der Waals surface area contributed by atoms with E-state index in [4.69, 9.17) is 0 Å². The lowest BCUT2D eigenvalue weighted by Crippen LogP contribution is -2.35. The zero-order valence-electron chi connectivity index (χ0n) is 9.79. The number of nitrogens with zero attached hydrogens (tertiary/aromatic N) is 1. The topological polar surface area (TPSA) is 32.3 Å². The number of hydrogen-bond donors (Lipinski definition) is 1. The summed E-state index contributed by atoms with van der Waals surface area (Å²) in [5.41, 5.74) is 0.743. The first-order valence-electron chi connectivity index (χ1n) is 5.98. The lowest BCUT2D eigenvalue weighted by Gasteiger charge is -2.19. The Bertz CT molecular complexity index is 387. The van der Waals surface area contributed by atoms with E-state index in [0.29, 0.717) is 0 Å². The number of carbonyl (C=O) groups is 1. The first kappa shape index (κ1) is 12.0. The van der Waals surface area contributed by atoms with Gasteiger partial charge in [0.2, 0.25) is 5.91 Å². The van der Waals surface area contributed by atoms with Crippen LogP contribution in [0.4, 0.5) is 4.39 Å². The smallest absolute Gasteiger partial charge is 0.227 e. The van der Waals surface area contributed by atoms with Gasteiger partial charge < -0.3 is 10.2 Å². The van der Waals surface area contributed by atoms with Crippen molar-refractivity contribution >= 4 is 5.91 Å². The minimum atomic E-state index is -0.284. The van der Waals surface area contributed by atoms with Gasteiger partial charge in [0.15, 0.2) is 0 Å². The van der Waals surface area contributed by atoms with Crippen LogP contribution in [0.2, 0.25) is 0 Å². The molecule has 1 aromatic rings. The molecular formula is C13H17FN2O. The molecule has 0 spiro atoms. The van der Waals surface area contributed by atoms with Gasteiger partial charge in [-0.1, -0.05) is 12.1 Å². The molecule has 3 nitrogen and oxygen atoms in total. The summed E-state index contributed by atoms with van der Waals surface area (Å²) in [5, 5.41) is 3.25. The minimum absolute atomic E-state index is 0.0827. The van der Waals surface area contributed by atoms with Gasteiger partial charge in [-0.25, -0.2) is 4.39 Å². The van der Waals surface area contributed by atoms with Gasteiger partial charge in [0.05, 0.1) is 6.42 Å². The van der Waals surface area contributed by atoms with Crippen molar-refractivity contribution < 1.29 is 9.18 Å². The van der Waals surface area contributed by atoms with Crippen LogP contribution in [-0.4, -0.2) is 37.0 Å². The van der Waals surface area contributed by atoms with Crippen molar-refractivity contribution in [2.24, 2.45) is 0 Å². The average Bonchev–Trinajstić information content (AvgIpc) is 2.57. The Labute approximate surface area is 101 Å². The molecule has 1 saturated heterocycles. The quantitative estimate of drug-likeness (QED) is 0.836. The van der Waals surface area contributed by atoms with E-state index in [1.54, 1.807) is 12.1 Å². The fourth-order valence-corrected chi connectivity index (χ4v) is 2.03. The van der Waals surface area contributed by atoms with Crippen LogP contribution in [0, 0.1) is 5.82 Å². The molecule has 0 saturated carbocycles. The number of rotatable bonds is 2. The summed E-state index contributed by atoms with van der Waals surface area (Å²) in [4.78, 5) is 13.9. The van der Waals surface area contributed by atoms with Crippen LogP contribution >= 0.6 is 0 Å².